The summed E-state index contributed by atoms with van der Waals surface area (Å²) in [5.41, 5.74) is 3.95. The third-order valence-corrected chi connectivity index (χ3v) is 4.96. The number of benzene rings is 3. The van der Waals surface area contributed by atoms with E-state index < -0.39 is 5.97 Å². The van der Waals surface area contributed by atoms with Crippen LogP contribution in [0.1, 0.15) is 21.5 Å². The number of hydrogen-bond donors (Lipinski definition) is 2. The van der Waals surface area contributed by atoms with Crippen LogP contribution in [0.5, 0.6) is 5.75 Å². The molecule has 0 fully saturated rings. The summed E-state index contributed by atoms with van der Waals surface area (Å²) in [6.07, 6.45) is 0.608. The van der Waals surface area contributed by atoms with Crippen LogP contribution in [0.15, 0.2) is 54.6 Å². The fraction of sp³-hybridized carbons (Fsp3) is 0.0952. The number of phenols is 1. The Labute approximate surface area is 155 Å². The number of halogens is 1. The van der Waals surface area contributed by atoms with Gasteiger partial charge < -0.3 is 14.8 Å². The molecule has 0 atom stereocenters. The summed E-state index contributed by atoms with van der Waals surface area (Å²) in [5, 5.41) is 12.5. The molecule has 1 heterocycles. The van der Waals surface area contributed by atoms with Gasteiger partial charge in [0.15, 0.2) is 0 Å². The molecule has 5 heteroatoms. The third-order valence-electron chi connectivity index (χ3n) is 4.59. The Morgan fingerprint density at radius 1 is 1.04 bits per heavy atom. The second-order valence-corrected chi connectivity index (χ2v) is 6.51. The molecule has 0 spiro atoms. The van der Waals surface area contributed by atoms with Crippen molar-refractivity contribution in [3.63, 3.8) is 0 Å². The smallest absolute Gasteiger partial charge is 0.338 e. The van der Waals surface area contributed by atoms with Gasteiger partial charge in [0.05, 0.1) is 23.6 Å². The van der Waals surface area contributed by atoms with Crippen LogP contribution in [-0.4, -0.2) is 23.2 Å². The lowest BCUT2D eigenvalue weighted by Gasteiger charge is -2.07. The van der Waals surface area contributed by atoms with Crippen molar-refractivity contribution >= 4 is 39.4 Å². The van der Waals surface area contributed by atoms with Gasteiger partial charge in [-0.2, -0.15) is 0 Å². The molecule has 4 aromatic rings. The number of esters is 1. The van der Waals surface area contributed by atoms with Gasteiger partial charge >= 0.3 is 5.97 Å². The molecule has 0 aliphatic carbocycles. The van der Waals surface area contributed by atoms with Gasteiger partial charge in [-0.05, 0) is 35.4 Å². The predicted octanol–water partition coefficient (Wildman–Crippen LogP) is 5.06. The Morgan fingerprint density at radius 3 is 2.62 bits per heavy atom. The maximum Gasteiger partial charge on any atom is 0.338 e. The lowest BCUT2D eigenvalue weighted by atomic mass is 10.00. The molecule has 1 aromatic heterocycles. The number of carbonyl (C=O) groups is 1. The normalized spacial score (nSPS) is 11.2. The minimum absolute atomic E-state index is 0.116. The molecule has 0 unspecified atom stereocenters. The van der Waals surface area contributed by atoms with E-state index in [1.807, 2.05) is 36.4 Å². The van der Waals surface area contributed by atoms with Gasteiger partial charge in [0.1, 0.15) is 5.75 Å². The molecule has 26 heavy (non-hydrogen) atoms. The highest BCUT2D eigenvalue weighted by Gasteiger charge is 2.19. The van der Waals surface area contributed by atoms with Crippen molar-refractivity contribution in [3.05, 3.63) is 76.3 Å². The Kier molecular flexibility index (Phi) is 4.05. The average molecular weight is 366 g/mol. The molecule has 0 saturated heterocycles. The van der Waals surface area contributed by atoms with Crippen molar-refractivity contribution < 1.29 is 14.6 Å². The van der Waals surface area contributed by atoms with E-state index in [-0.39, 0.29) is 5.75 Å². The van der Waals surface area contributed by atoms with Crippen LogP contribution >= 0.6 is 11.6 Å². The number of hydrogen-bond acceptors (Lipinski definition) is 3. The molecule has 0 aliphatic heterocycles. The number of nitrogens with one attached hydrogen (secondary N) is 1. The lowest BCUT2D eigenvalue weighted by molar-refractivity contribution is 0.0603. The van der Waals surface area contributed by atoms with E-state index in [4.69, 9.17) is 16.3 Å². The summed E-state index contributed by atoms with van der Waals surface area (Å²) < 4.78 is 4.89. The first-order valence-corrected chi connectivity index (χ1v) is 8.55. The number of rotatable bonds is 3. The first-order chi connectivity index (χ1) is 12.6. The number of ether oxygens (including phenoxy) is 1. The molecule has 130 valence electrons. The summed E-state index contributed by atoms with van der Waals surface area (Å²) in [4.78, 5) is 15.5. The standard InChI is InChI=1S/C21H16ClNO3/c1-26-21(25)14-6-4-8-16-18(14)19-17(24)10-9-13(20(19)23-16)11-12-5-2-3-7-15(12)22/h2-10,23-24H,11H2,1H3. The van der Waals surface area contributed by atoms with E-state index in [1.54, 1.807) is 18.2 Å². The van der Waals surface area contributed by atoms with Gasteiger partial charge in [-0.15, -0.1) is 0 Å². The van der Waals surface area contributed by atoms with Crippen molar-refractivity contribution in [2.75, 3.05) is 7.11 Å². The van der Waals surface area contributed by atoms with Crippen LogP contribution in [-0.2, 0) is 11.2 Å². The topological polar surface area (TPSA) is 62.3 Å². The lowest BCUT2D eigenvalue weighted by Crippen LogP contribution is -2.01. The first-order valence-electron chi connectivity index (χ1n) is 8.17. The summed E-state index contributed by atoms with van der Waals surface area (Å²) in [5.74, 6) is -0.321. The highest BCUT2D eigenvalue weighted by Crippen LogP contribution is 2.37. The second-order valence-electron chi connectivity index (χ2n) is 6.11. The zero-order valence-corrected chi connectivity index (χ0v) is 14.8. The minimum atomic E-state index is -0.438. The average Bonchev–Trinajstić information content (AvgIpc) is 3.05. The summed E-state index contributed by atoms with van der Waals surface area (Å²) in [6, 6.07) is 16.5. The molecular weight excluding hydrogens is 350 g/mol. The van der Waals surface area contributed by atoms with Crippen LogP contribution in [0, 0.1) is 0 Å². The zero-order valence-electron chi connectivity index (χ0n) is 14.0. The molecule has 0 saturated carbocycles. The highest BCUT2D eigenvalue weighted by molar-refractivity contribution is 6.31. The van der Waals surface area contributed by atoms with Gasteiger partial charge in [0.2, 0.25) is 0 Å². The van der Waals surface area contributed by atoms with Crippen molar-refractivity contribution in [1.82, 2.24) is 4.98 Å². The van der Waals surface area contributed by atoms with Crippen molar-refractivity contribution in [2.45, 2.75) is 6.42 Å². The molecule has 0 radical (unpaired) electrons. The molecule has 0 aliphatic rings. The quantitative estimate of drug-likeness (QED) is 0.499. The number of carbonyl (C=O) groups excluding carboxylic acids is 1. The van der Waals surface area contributed by atoms with E-state index in [1.165, 1.54) is 7.11 Å². The Balaban J connectivity index is 1.99. The fourth-order valence-corrected chi connectivity index (χ4v) is 3.57. The SMILES string of the molecule is COC(=O)c1cccc2[nH]c3c(Cc4ccccc4Cl)ccc(O)c3c12. The fourth-order valence-electron chi connectivity index (χ4n) is 3.37. The molecule has 0 amide bonds. The Bertz CT molecular complexity index is 1150. The van der Waals surface area contributed by atoms with Crippen LogP contribution in [0.4, 0.5) is 0 Å². The van der Waals surface area contributed by atoms with Crippen molar-refractivity contribution in [1.29, 1.82) is 0 Å². The Hall–Kier alpha value is -2.98. The zero-order chi connectivity index (χ0) is 18.3. The van der Waals surface area contributed by atoms with Crippen LogP contribution in [0.2, 0.25) is 5.02 Å². The van der Waals surface area contributed by atoms with Gasteiger partial charge in [0, 0.05) is 22.3 Å². The number of aromatic amines is 1. The minimum Gasteiger partial charge on any atom is -0.507 e. The molecule has 4 rings (SSSR count). The number of aromatic hydroxyl groups is 1. The largest absolute Gasteiger partial charge is 0.507 e. The van der Waals surface area contributed by atoms with Gasteiger partial charge in [0.25, 0.3) is 0 Å². The third kappa shape index (κ3) is 2.59. The predicted molar refractivity (Wildman–Crippen MR) is 103 cm³/mol. The van der Waals surface area contributed by atoms with Gasteiger partial charge in [-0.1, -0.05) is 41.9 Å². The molecule has 4 nitrogen and oxygen atoms in total. The number of methoxy groups -OCH3 is 1. The second kappa shape index (κ2) is 6.39. The summed E-state index contributed by atoms with van der Waals surface area (Å²) >= 11 is 6.30. The van der Waals surface area contributed by atoms with Crippen molar-refractivity contribution in [2.24, 2.45) is 0 Å². The molecule has 0 bridgehead atoms. The molecule has 2 N–H and O–H groups in total. The number of aromatic nitrogens is 1. The van der Waals surface area contributed by atoms with Gasteiger partial charge in [-0.25, -0.2) is 4.79 Å². The summed E-state index contributed by atoms with van der Waals surface area (Å²) in [6.45, 7) is 0. The first kappa shape index (κ1) is 16.5. The van der Waals surface area contributed by atoms with Crippen LogP contribution in [0.25, 0.3) is 21.8 Å². The maximum atomic E-state index is 12.2. The van der Waals surface area contributed by atoms with E-state index >= 15 is 0 Å². The molecule has 3 aromatic carbocycles. The monoisotopic (exact) mass is 365 g/mol. The number of H-pyrrole nitrogens is 1. The van der Waals surface area contributed by atoms with E-state index in [0.717, 1.165) is 22.2 Å². The summed E-state index contributed by atoms with van der Waals surface area (Å²) in [7, 11) is 1.35. The van der Waals surface area contributed by atoms with E-state index in [2.05, 4.69) is 4.98 Å². The highest BCUT2D eigenvalue weighted by atomic mass is 35.5. The van der Waals surface area contributed by atoms with E-state index in [9.17, 15) is 9.90 Å². The maximum absolute atomic E-state index is 12.2. The Morgan fingerprint density at radius 2 is 1.85 bits per heavy atom. The number of phenolic OH excluding ortho intramolecular Hbond substituents is 1. The van der Waals surface area contributed by atoms with E-state index in [0.29, 0.717) is 27.8 Å². The van der Waals surface area contributed by atoms with Crippen LogP contribution in [0.3, 0.4) is 0 Å². The molecular formula is C21H16ClNO3. The van der Waals surface area contributed by atoms with Crippen molar-refractivity contribution in [3.8, 4) is 5.75 Å². The van der Waals surface area contributed by atoms with Gasteiger partial charge in [-0.3, -0.25) is 0 Å². The van der Waals surface area contributed by atoms with Crippen LogP contribution < -0.4 is 0 Å². The number of fused-ring (bicyclic) bond motifs is 3.